The molecule has 0 saturated heterocycles. The van der Waals surface area contributed by atoms with Crippen molar-refractivity contribution < 1.29 is 23.9 Å². The van der Waals surface area contributed by atoms with Crippen molar-refractivity contribution in [2.75, 3.05) is 6.61 Å². The first-order valence-corrected chi connectivity index (χ1v) is 10.0. The van der Waals surface area contributed by atoms with Gasteiger partial charge in [0.05, 0.1) is 12.2 Å². The fraction of sp³-hybridized carbons (Fsp3) is 0.667. The molecule has 4 atom stereocenters. The third-order valence-electron chi connectivity index (χ3n) is 5.81. The van der Waals surface area contributed by atoms with E-state index in [4.69, 9.17) is 9.47 Å². The summed E-state index contributed by atoms with van der Waals surface area (Å²) in [6.07, 6.45) is 2.28. The van der Waals surface area contributed by atoms with Crippen LogP contribution < -0.4 is 5.32 Å². The molecule has 0 unspecified atom stereocenters. The molecule has 1 saturated carbocycles. The van der Waals surface area contributed by atoms with Crippen molar-refractivity contribution in [1.29, 1.82) is 0 Å². The number of esters is 2. The van der Waals surface area contributed by atoms with Crippen LogP contribution in [0.25, 0.3) is 0 Å². The van der Waals surface area contributed by atoms with E-state index in [0.29, 0.717) is 23.1 Å². The highest BCUT2D eigenvalue weighted by Gasteiger charge is 2.31. The maximum Gasteiger partial charge on any atom is 0.355 e. The Hall–Kier alpha value is -2.31. The Balaban J connectivity index is 2.04. The molecule has 1 aromatic heterocycles. The Kier molecular flexibility index (Phi) is 7.27. The van der Waals surface area contributed by atoms with Crippen molar-refractivity contribution in [3.8, 4) is 0 Å². The first kappa shape index (κ1) is 22.0. The van der Waals surface area contributed by atoms with Gasteiger partial charge in [-0.1, -0.05) is 26.7 Å². The van der Waals surface area contributed by atoms with E-state index >= 15 is 0 Å². The molecule has 156 valence electrons. The first-order valence-electron chi connectivity index (χ1n) is 10.0. The summed E-state index contributed by atoms with van der Waals surface area (Å²) in [6, 6.07) is 0.101. The SMILES string of the molecule is CCOC(=O)c1[nH]c(C)c(C(=O)O[C@H](C)C(=O)N[C@@H]2CCC[C@@H](C)[C@H]2C)c1C. The molecule has 2 rings (SSSR count). The van der Waals surface area contributed by atoms with Crippen LogP contribution in [-0.4, -0.2) is 41.6 Å². The van der Waals surface area contributed by atoms with E-state index in [9.17, 15) is 14.4 Å². The van der Waals surface area contributed by atoms with E-state index in [-0.39, 0.29) is 29.8 Å². The smallest absolute Gasteiger partial charge is 0.355 e. The summed E-state index contributed by atoms with van der Waals surface area (Å²) in [5.41, 5.74) is 1.46. The molecule has 7 heteroatoms. The second-order valence-corrected chi connectivity index (χ2v) is 7.78. The van der Waals surface area contributed by atoms with Gasteiger partial charge < -0.3 is 19.8 Å². The highest BCUT2D eigenvalue weighted by atomic mass is 16.5. The summed E-state index contributed by atoms with van der Waals surface area (Å²) >= 11 is 0. The van der Waals surface area contributed by atoms with Gasteiger partial charge in [0, 0.05) is 11.7 Å². The van der Waals surface area contributed by atoms with Gasteiger partial charge in [-0.2, -0.15) is 0 Å². The largest absolute Gasteiger partial charge is 0.461 e. The van der Waals surface area contributed by atoms with Crippen molar-refractivity contribution in [3.05, 3.63) is 22.5 Å². The number of aromatic amines is 1. The quantitative estimate of drug-likeness (QED) is 0.724. The number of aryl methyl sites for hydroxylation is 1. The van der Waals surface area contributed by atoms with E-state index < -0.39 is 18.0 Å². The van der Waals surface area contributed by atoms with E-state index in [1.165, 1.54) is 6.42 Å². The number of ether oxygens (including phenoxy) is 2. The highest BCUT2D eigenvalue weighted by molar-refractivity contribution is 5.99. The van der Waals surface area contributed by atoms with E-state index in [1.54, 1.807) is 27.7 Å². The van der Waals surface area contributed by atoms with E-state index in [1.807, 2.05) is 0 Å². The second kappa shape index (κ2) is 9.26. The third-order valence-corrected chi connectivity index (χ3v) is 5.81. The molecule has 0 radical (unpaired) electrons. The van der Waals surface area contributed by atoms with Crippen LogP contribution in [0.2, 0.25) is 0 Å². The molecule has 0 aromatic carbocycles. The lowest BCUT2D eigenvalue weighted by atomic mass is 9.78. The van der Waals surface area contributed by atoms with Gasteiger partial charge in [0.15, 0.2) is 6.10 Å². The lowest BCUT2D eigenvalue weighted by Crippen LogP contribution is -2.47. The number of aromatic nitrogens is 1. The highest BCUT2D eigenvalue weighted by Crippen LogP contribution is 2.29. The normalized spacial score (nSPS) is 23.0. The Morgan fingerprint density at radius 3 is 2.50 bits per heavy atom. The number of carbonyl (C=O) groups excluding carboxylic acids is 3. The zero-order chi connectivity index (χ0) is 21.0. The average Bonchev–Trinajstić information content (AvgIpc) is 2.93. The van der Waals surface area contributed by atoms with Gasteiger partial charge in [0.1, 0.15) is 5.69 Å². The summed E-state index contributed by atoms with van der Waals surface area (Å²) < 4.78 is 10.4. The van der Waals surface area contributed by atoms with Crippen molar-refractivity contribution in [1.82, 2.24) is 10.3 Å². The molecule has 1 amide bonds. The standard InChI is InChI=1S/C21H32N2O5/c1-7-27-21(26)18-13(4)17(14(5)22-18)20(25)28-15(6)19(24)23-16-10-8-9-11(2)12(16)3/h11-12,15-16,22H,7-10H2,1-6H3,(H,23,24)/t11-,12-,15-,16-/m1/s1. The minimum absolute atomic E-state index is 0.101. The van der Waals surface area contributed by atoms with Crippen LogP contribution in [0.5, 0.6) is 0 Å². The Morgan fingerprint density at radius 1 is 1.18 bits per heavy atom. The number of carbonyl (C=O) groups is 3. The van der Waals surface area contributed by atoms with Crippen molar-refractivity contribution in [2.24, 2.45) is 11.8 Å². The van der Waals surface area contributed by atoms with Crippen molar-refractivity contribution >= 4 is 17.8 Å². The zero-order valence-electron chi connectivity index (χ0n) is 17.7. The molecule has 0 spiro atoms. The number of H-pyrrole nitrogens is 1. The number of rotatable bonds is 6. The maximum absolute atomic E-state index is 12.6. The lowest BCUT2D eigenvalue weighted by Gasteiger charge is -2.35. The molecular formula is C21H32N2O5. The van der Waals surface area contributed by atoms with Crippen molar-refractivity contribution in [2.45, 2.75) is 73.0 Å². The Labute approximate surface area is 166 Å². The summed E-state index contributed by atoms with van der Waals surface area (Å²) in [5, 5.41) is 3.03. The van der Waals surface area contributed by atoms with Crippen LogP contribution in [0.3, 0.4) is 0 Å². The number of amides is 1. The van der Waals surface area contributed by atoms with Crippen LogP contribution in [0.1, 0.15) is 79.1 Å². The fourth-order valence-corrected chi connectivity index (χ4v) is 3.82. The predicted octanol–water partition coefficient (Wildman–Crippen LogP) is 3.29. The molecule has 28 heavy (non-hydrogen) atoms. The second-order valence-electron chi connectivity index (χ2n) is 7.78. The maximum atomic E-state index is 12.6. The van der Waals surface area contributed by atoms with Gasteiger partial charge in [-0.05, 0) is 51.5 Å². The zero-order valence-corrected chi connectivity index (χ0v) is 17.7. The van der Waals surface area contributed by atoms with Crippen LogP contribution in [-0.2, 0) is 14.3 Å². The molecule has 1 fully saturated rings. The van der Waals surface area contributed by atoms with Crippen LogP contribution in [0, 0.1) is 25.7 Å². The number of nitrogens with one attached hydrogen (secondary N) is 2. The molecule has 1 aliphatic rings. The predicted molar refractivity (Wildman–Crippen MR) is 105 cm³/mol. The number of hydrogen-bond acceptors (Lipinski definition) is 5. The molecule has 1 aromatic rings. The minimum atomic E-state index is -0.920. The van der Waals surface area contributed by atoms with Gasteiger partial charge in [-0.25, -0.2) is 9.59 Å². The third kappa shape index (κ3) is 4.75. The lowest BCUT2D eigenvalue weighted by molar-refractivity contribution is -0.130. The van der Waals surface area contributed by atoms with Gasteiger partial charge in [0.25, 0.3) is 5.91 Å². The molecule has 1 aliphatic carbocycles. The monoisotopic (exact) mass is 392 g/mol. The van der Waals surface area contributed by atoms with Gasteiger partial charge >= 0.3 is 11.9 Å². The summed E-state index contributed by atoms with van der Waals surface area (Å²) in [5.74, 6) is -0.496. The van der Waals surface area contributed by atoms with Crippen LogP contribution >= 0.6 is 0 Å². The molecular weight excluding hydrogens is 360 g/mol. The summed E-state index contributed by atoms with van der Waals surface area (Å²) in [7, 11) is 0. The molecule has 0 bridgehead atoms. The van der Waals surface area contributed by atoms with E-state index in [0.717, 1.165) is 12.8 Å². The van der Waals surface area contributed by atoms with Gasteiger partial charge in [-0.3, -0.25) is 4.79 Å². The summed E-state index contributed by atoms with van der Waals surface area (Å²) in [4.78, 5) is 40.0. The van der Waals surface area contributed by atoms with Gasteiger partial charge in [-0.15, -0.1) is 0 Å². The average molecular weight is 392 g/mol. The molecule has 0 aliphatic heterocycles. The minimum Gasteiger partial charge on any atom is -0.461 e. The Bertz CT molecular complexity index is 739. The topological polar surface area (TPSA) is 97.5 Å². The summed E-state index contributed by atoms with van der Waals surface area (Å²) in [6.45, 7) is 11.2. The molecule has 7 nitrogen and oxygen atoms in total. The Morgan fingerprint density at radius 2 is 1.86 bits per heavy atom. The molecule has 1 heterocycles. The van der Waals surface area contributed by atoms with Gasteiger partial charge in [0.2, 0.25) is 0 Å². The van der Waals surface area contributed by atoms with E-state index in [2.05, 4.69) is 24.1 Å². The number of hydrogen-bond donors (Lipinski definition) is 2. The fourth-order valence-electron chi connectivity index (χ4n) is 3.82. The van der Waals surface area contributed by atoms with Crippen molar-refractivity contribution in [3.63, 3.8) is 0 Å². The first-order chi connectivity index (χ1) is 13.2. The molecule has 2 N–H and O–H groups in total. The van der Waals surface area contributed by atoms with Crippen LogP contribution in [0.4, 0.5) is 0 Å². The van der Waals surface area contributed by atoms with Crippen LogP contribution in [0.15, 0.2) is 0 Å².